The monoisotopic (exact) mass is 415 g/mol. The first kappa shape index (κ1) is 20.3. The van der Waals surface area contributed by atoms with Gasteiger partial charge in [0.1, 0.15) is 17.4 Å². The van der Waals surface area contributed by atoms with Gasteiger partial charge in [-0.3, -0.25) is 9.78 Å². The maximum Gasteiger partial charge on any atom is 0.316 e. The Kier molecular flexibility index (Phi) is 5.17. The number of urea groups is 1. The number of benzene rings is 1. The molecule has 2 atom stereocenters. The lowest BCUT2D eigenvalue weighted by molar-refractivity contribution is -0.119. The summed E-state index contributed by atoms with van der Waals surface area (Å²) in [7, 11) is 1.32. The minimum absolute atomic E-state index is 0.0571. The van der Waals surface area contributed by atoms with E-state index in [0.29, 0.717) is 0 Å². The van der Waals surface area contributed by atoms with Crippen LogP contribution in [-0.4, -0.2) is 29.9 Å². The summed E-state index contributed by atoms with van der Waals surface area (Å²) in [6, 6.07) is 4.42. The Labute approximate surface area is 173 Å². The lowest BCUT2D eigenvalue weighted by Gasteiger charge is -2.24. The van der Waals surface area contributed by atoms with E-state index >= 15 is 0 Å². The maximum atomic E-state index is 14.6. The molecule has 2 saturated carbocycles. The van der Waals surface area contributed by atoms with E-state index < -0.39 is 35.2 Å². The van der Waals surface area contributed by atoms with Crippen LogP contribution >= 0.6 is 0 Å². The van der Waals surface area contributed by atoms with Crippen LogP contribution < -0.4 is 15.4 Å². The zero-order valence-electron chi connectivity index (χ0n) is 16.8. The third kappa shape index (κ3) is 3.74. The number of methoxy groups -OCH3 is 1. The standard InChI is InChI=1S/C22H23F2N3O3/c1-12-5-8-25-18(9-12)22(6-7-22)27-21(29)26-20-14(3-4-17(20)28)19-15(23)10-13(30-2)11-16(19)24/h5,8-11,14,20H,3-4,6-7H2,1-2H3,(H2,26,27,29)/t14-,20-/m0/s1. The van der Waals surface area contributed by atoms with Crippen molar-refractivity contribution in [1.29, 1.82) is 0 Å². The number of ether oxygens (including phenoxy) is 1. The second-order valence-electron chi connectivity index (χ2n) is 7.99. The van der Waals surface area contributed by atoms with E-state index in [1.807, 2.05) is 19.1 Å². The van der Waals surface area contributed by atoms with E-state index in [1.54, 1.807) is 6.20 Å². The van der Waals surface area contributed by atoms with Crippen molar-refractivity contribution < 1.29 is 23.1 Å². The molecule has 30 heavy (non-hydrogen) atoms. The molecule has 1 aromatic carbocycles. The first-order chi connectivity index (χ1) is 14.3. The van der Waals surface area contributed by atoms with Gasteiger partial charge in [0, 0.05) is 36.2 Å². The van der Waals surface area contributed by atoms with Crippen molar-refractivity contribution in [2.24, 2.45) is 0 Å². The fraction of sp³-hybridized carbons (Fsp3) is 0.409. The van der Waals surface area contributed by atoms with Crippen LogP contribution in [0, 0.1) is 18.6 Å². The molecule has 0 saturated heterocycles. The molecule has 2 fully saturated rings. The minimum Gasteiger partial charge on any atom is -0.497 e. The molecule has 8 heteroatoms. The lowest BCUT2D eigenvalue weighted by atomic mass is 9.92. The molecule has 1 heterocycles. The number of ketones is 1. The van der Waals surface area contributed by atoms with Crippen LogP contribution in [0.1, 0.15) is 48.4 Å². The van der Waals surface area contributed by atoms with Gasteiger partial charge in [0.25, 0.3) is 0 Å². The van der Waals surface area contributed by atoms with Gasteiger partial charge >= 0.3 is 6.03 Å². The number of aryl methyl sites for hydroxylation is 1. The summed E-state index contributed by atoms with van der Waals surface area (Å²) < 4.78 is 34.0. The van der Waals surface area contributed by atoms with Gasteiger partial charge in [-0.25, -0.2) is 13.6 Å². The fourth-order valence-corrected chi connectivity index (χ4v) is 4.13. The number of aromatic nitrogens is 1. The second-order valence-corrected chi connectivity index (χ2v) is 7.99. The molecule has 2 amide bonds. The zero-order chi connectivity index (χ0) is 21.5. The van der Waals surface area contributed by atoms with Gasteiger partial charge in [0.15, 0.2) is 5.78 Å². The Morgan fingerprint density at radius 3 is 2.53 bits per heavy atom. The topological polar surface area (TPSA) is 80.3 Å². The van der Waals surface area contributed by atoms with Gasteiger partial charge in [0.05, 0.1) is 24.4 Å². The van der Waals surface area contributed by atoms with Crippen molar-refractivity contribution in [3.63, 3.8) is 0 Å². The molecule has 2 N–H and O–H groups in total. The maximum absolute atomic E-state index is 14.6. The summed E-state index contributed by atoms with van der Waals surface area (Å²) in [5.41, 5.74) is 1.03. The van der Waals surface area contributed by atoms with Gasteiger partial charge < -0.3 is 15.4 Å². The van der Waals surface area contributed by atoms with Gasteiger partial charge in [-0.2, -0.15) is 0 Å². The molecule has 4 rings (SSSR count). The molecular weight excluding hydrogens is 392 g/mol. The minimum atomic E-state index is -0.997. The normalized spacial score (nSPS) is 21.9. The number of carbonyl (C=O) groups excluding carboxylic acids is 2. The molecule has 158 valence electrons. The van der Waals surface area contributed by atoms with E-state index in [4.69, 9.17) is 4.74 Å². The van der Waals surface area contributed by atoms with Crippen molar-refractivity contribution in [1.82, 2.24) is 15.6 Å². The first-order valence-electron chi connectivity index (χ1n) is 9.90. The number of amides is 2. The van der Waals surface area contributed by atoms with Crippen LogP contribution in [0.25, 0.3) is 0 Å². The van der Waals surface area contributed by atoms with Crippen molar-refractivity contribution in [2.75, 3.05) is 7.11 Å². The summed E-state index contributed by atoms with van der Waals surface area (Å²) in [6.45, 7) is 1.95. The zero-order valence-corrected chi connectivity index (χ0v) is 16.8. The van der Waals surface area contributed by atoms with Crippen molar-refractivity contribution in [2.45, 2.75) is 50.1 Å². The highest BCUT2D eigenvalue weighted by Gasteiger charge is 2.48. The largest absolute Gasteiger partial charge is 0.497 e. The van der Waals surface area contributed by atoms with Gasteiger partial charge in [-0.1, -0.05) is 0 Å². The molecule has 2 aliphatic rings. The molecule has 2 aromatic rings. The van der Waals surface area contributed by atoms with Crippen LogP contribution in [0.3, 0.4) is 0 Å². The van der Waals surface area contributed by atoms with Crippen molar-refractivity contribution in [3.05, 3.63) is 58.9 Å². The molecule has 1 aromatic heterocycles. The van der Waals surface area contributed by atoms with E-state index in [0.717, 1.165) is 36.2 Å². The van der Waals surface area contributed by atoms with Crippen LogP contribution in [-0.2, 0) is 10.3 Å². The number of nitrogens with one attached hydrogen (secondary N) is 2. The molecule has 0 unspecified atom stereocenters. The molecule has 2 aliphatic carbocycles. The van der Waals surface area contributed by atoms with Crippen LogP contribution in [0.4, 0.5) is 13.6 Å². The van der Waals surface area contributed by atoms with Crippen molar-refractivity contribution >= 4 is 11.8 Å². The van der Waals surface area contributed by atoms with Crippen LogP contribution in [0.15, 0.2) is 30.5 Å². The number of nitrogens with zero attached hydrogens (tertiary/aromatic N) is 1. The van der Waals surface area contributed by atoms with Gasteiger partial charge in [0.2, 0.25) is 0 Å². The Balaban J connectivity index is 1.52. The van der Waals surface area contributed by atoms with Crippen molar-refractivity contribution in [3.8, 4) is 5.75 Å². The Bertz CT molecular complexity index is 984. The van der Waals surface area contributed by atoms with Gasteiger partial charge in [-0.05, 0) is 43.9 Å². The second kappa shape index (κ2) is 7.66. The third-order valence-electron chi connectivity index (χ3n) is 5.91. The van der Waals surface area contributed by atoms with E-state index in [2.05, 4.69) is 15.6 Å². The molecule has 0 spiro atoms. The molecule has 0 radical (unpaired) electrons. The summed E-state index contributed by atoms with van der Waals surface area (Å²) in [5, 5.41) is 5.55. The molecular formula is C22H23F2N3O3. The average Bonchev–Trinajstić information content (AvgIpc) is 3.40. The SMILES string of the molecule is COc1cc(F)c([C@@H]2CCC(=O)[C@H]2NC(=O)NC2(c3cc(C)ccn3)CC2)c(F)c1. The number of rotatable bonds is 5. The van der Waals surface area contributed by atoms with Crippen LogP contribution in [0.5, 0.6) is 5.75 Å². The predicted molar refractivity (Wildman–Crippen MR) is 105 cm³/mol. The highest BCUT2D eigenvalue weighted by molar-refractivity contribution is 5.91. The van der Waals surface area contributed by atoms with E-state index in [-0.39, 0.29) is 29.9 Å². The Hall–Kier alpha value is -3.03. The molecule has 0 bridgehead atoms. The smallest absolute Gasteiger partial charge is 0.316 e. The first-order valence-corrected chi connectivity index (χ1v) is 9.90. The Morgan fingerprint density at radius 1 is 1.23 bits per heavy atom. The highest BCUT2D eigenvalue weighted by atomic mass is 19.1. The van der Waals surface area contributed by atoms with Gasteiger partial charge in [-0.15, -0.1) is 0 Å². The lowest BCUT2D eigenvalue weighted by Crippen LogP contribution is -2.49. The fourth-order valence-electron chi connectivity index (χ4n) is 4.13. The number of pyridine rings is 1. The average molecular weight is 415 g/mol. The van der Waals surface area contributed by atoms with Crippen LogP contribution in [0.2, 0.25) is 0 Å². The molecule has 0 aliphatic heterocycles. The summed E-state index contributed by atoms with van der Waals surface area (Å²) in [4.78, 5) is 29.5. The number of halogens is 2. The number of hydrogen-bond acceptors (Lipinski definition) is 4. The Morgan fingerprint density at radius 2 is 1.93 bits per heavy atom. The third-order valence-corrected chi connectivity index (χ3v) is 5.91. The van der Waals surface area contributed by atoms with E-state index in [1.165, 1.54) is 7.11 Å². The number of carbonyl (C=O) groups is 2. The summed E-state index contributed by atoms with van der Waals surface area (Å²) in [5.74, 6) is -2.55. The number of hydrogen-bond donors (Lipinski definition) is 2. The van der Waals surface area contributed by atoms with E-state index in [9.17, 15) is 18.4 Å². The highest BCUT2D eigenvalue weighted by Crippen LogP contribution is 2.45. The summed E-state index contributed by atoms with van der Waals surface area (Å²) in [6.07, 6.45) is 3.57. The molecule has 6 nitrogen and oxygen atoms in total. The number of Topliss-reactive ketones (excluding diaryl/α,β-unsaturated/α-hetero) is 1. The summed E-state index contributed by atoms with van der Waals surface area (Å²) >= 11 is 0. The quantitative estimate of drug-likeness (QED) is 0.784. The predicted octanol–water partition coefficient (Wildman–Crippen LogP) is 3.48.